The van der Waals surface area contributed by atoms with Gasteiger partial charge < -0.3 is 0 Å². The zero-order chi connectivity index (χ0) is 10.7. The van der Waals surface area contributed by atoms with Crippen LogP contribution in [0.2, 0.25) is 0 Å². The van der Waals surface area contributed by atoms with E-state index >= 15 is 0 Å². The van der Waals surface area contributed by atoms with Crippen LogP contribution < -0.4 is 0 Å². The summed E-state index contributed by atoms with van der Waals surface area (Å²) in [5, 5.41) is 7.78. The maximum absolute atomic E-state index is 8.34. The van der Waals surface area contributed by atoms with Gasteiger partial charge in [-0.25, -0.2) is 0 Å². The van der Waals surface area contributed by atoms with Crippen molar-refractivity contribution in [2.45, 2.75) is 0 Å². The summed E-state index contributed by atoms with van der Waals surface area (Å²) in [6, 6.07) is 11.5. The Labute approximate surface area is 86.6 Å². The molecular formula is C10H9N5. The number of nitrogens with zero attached hydrogens (tertiary/aromatic N) is 5. The molecule has 0 fully saturated rings. The van der Waals surface area contributed by atoms with Crippen molar-refractivity contribution >= 4 is 5.82 Å². The molecule has 0 saturated heterocycles. The summed E-state index contributed by atoms with van der Waals surface area (Å²) in [5.41, 5.74) is 10.2. The van der Waals surface area contributed by atoms with E-state index < -0.39 is 0 Å². The minimum atomic E-state index is 0.511. The number of aryl methyl sites for hydroxylation is 1. The summed E-state index contributed by atoms with van der Waals surface area (Å²) in [4.78, 5) is 2.74. The maximum atomic E-state index is 8.34. The van der Waals surface area contributed by atoms with E-state index in [-0.39, 0.29) is 0 Å². The molecule has 5 heteroatoms. The SMILES string of the molecule is Cn1nc(-c2ccccc2)cc1N=[N+]=[N-]. The molecular weight excluding hydrogens is 190 g/mol. The first-order valence-corrected chi connectivity index (χ1v) is 4.46. The van der Waals surface area contributed by atoms with Crippen LogP contribution in [0.5, 0.6) is 0 Å². The molecule has 0 N–H and O–H groups in total. The fraction of sp³-hybridized carbons (Fsp3) is 0.100. The fourth-order valence-corrected chi connectivity index (χ4v) is 1.35. The molecule has 0 radical (unpaired) electrons. The molecule has 2 aromatic rings. The summed E-state index contributed by atoms with van der Waals surface area (Å²) < 4.78 is 1.56. The number of hydrogen-bond acceptors (Lipinski definition) is 2. The van der Waals surface area contributed by atoms with E-state index in [1.807, 2.05) is 30.3 Å². The van der Waals surface area contributed by atoms with Crippen LogP contribution in [-0.4, -0.2) is 9.78 Å². The first-order chi connectivity index (χ1) is 7.31. The van der Waals surface area contributed by atoms with Gasteiger partial charge >= 0.3 is 0 Å². The van der Waals surface area contributed by atoms with Crippen LogP contribution in [0.3, 0.4) is 0 Å². The van der Waals surface area contributed by atoms with Crippen molar-refractivity contribution in [2.75, 3.05) is 0 Å². The third-order valence-corrected chi connectivity index (χ3v) is 2.07. The highest BCUT2D eigenvalue weighted by Gasteiger charge is 2.04. The minimum absolute atomic E-state index is 0.511. The lowest BCUT2D eigenvalue weighted by Crippen LogP contribution is -1.88. The number of aromatic nitrogens is 2. The standard InChI is InChI=1S/C10H9N5/c1-15-10(12-14-11)7-9(13-15)8-5-3-2-4-6-8/h2-7H,1H3. The molecule has 15 heavy (non-hydrogen) atoms. The summed E-state index contributed by atoms with van der Waals surface area (Å²) in [6.07, 6.45) is 0. The summed E-state index contributed by atoms with van der Waals surface area (Å²) >= 11 is 0. The summed E-state index contributed by atoms with van der Waals surface area (Å²) in [6.45, 7) is 0. The van der Waals surface area contributed by atoms with Crippen LogP contribution >= 0.6 is 0 Å². The molecule has 0 atom stereocenters. The van der Waals surface area contributed by atoms with Crippen LogP contribution in [0.25, 0.3) is 21.7 Å². The van der Waals surface area contributed by atoms with E-state index in [2.05, 4.69) is 15.1 Å². The van der Waals surface area contributed by atoms with Crippen molar-refractivity contribution in [3.05, 3.63) is 46.8 Å². The van der Waals surface area contributed by atoms with Crippen LogP contribution in [0.15, 0.2) is 41.5 Å². The third-order valence-electron chi connectivity index (χ3n) is 2.07. The van der Waals surface area contributed by atoms with E-state index in [1.165, 1.54) is 0 Å². The molecule has 1 heterocycles. The van der Waals surface area contributed by atoms with Gasteiger partial charge in [0.2, 0.25) is 0 Å². The second kappa shape index (κ2) is 3.86. The van der Waals surface area contributed by atoms with Crippen molar-refractivity contribution in [1.29, 1.82) is 0 Å². The zero-order valence-corrected chi connectivity index (χ0v) is 8.20. The highest BCUT2D eigenvalue weighted by Crippen LogP contribution is 2.22. The van der Waals surface area contributed by atoms with Gasteiger partial charge in [0.15, 0.2) is 0 Å². The van der Waals surface area contributed by atoms with Gasteiger partial charge in [-0.05, 0) is 16.7 Å². The van der Waals surface area contributed by atoms with Crippen LogP contribution in [-0.2, 0) is 7.05 Å². The number of rotatable bonds is 2. The molecule has 1 aromatic heterocycles. The van der Waals surface area contributed by atoms with Gasteiger partial charge in [0, 0.05) is 17.5 Å². The molecule has 0 unspecified atom stereocenters. The van der Waals surface area contributed by atoms with Crippen LogP contribution in [0, 0.1) is 0 Å². The number of benzene rings is 1. The van der Waals surface area contributed by atoms with E-state index in [1.54, 1.807) is 17.8 Å². The second-order valence-corrected chi connectivity index (χ2v) is 3.07. The average molecular weight is 199 g/mol. The van der Waals surface area contributed by atoms with Crippen molar-refractivity contribution in [2.24, 2.45) is 12.2 Å². The Morgan fingerprint density at radius 2 is 2.07 bits per heavy atom. The molecule has 0 aliphatic heterocycles. The Morgan fingerprint density at radius 1 is 1.33 bits per heavy atom. The number of hydrogen-bond donors (Lipinski definition) is 0. The Hall–Kier alpha value is -2.26. The molecule has 0 aliphatic carbocycles. The summed E-state index contributed by atoms with van der Waals surface area (Å²) in [7, 11) is 1.75. The molecule has 2 rings (SSSR count). The third kappa shape index (κ3) is 1.82. The van der Waals surface area contributed by atoms with Crippen molar-refractivity contribution < 1.29 is 0 Å². The zero-order valence-electron chi connectivity index (χ0n) is 8.20. The van der Waals surface area contributed by atoms with Gasteiger partial charge in [-0.3, -0.25) is 4.68 Å². The molecule has 5 nitrogen and oxygen atoms in total. The van der Waals surface area contributed by atoms with Gasteiger partial charge in [0.05, 0.1) is 5.69 Å². The Balaban J connectivity index is 2.47. The number of azide groups is 1. The first-order valence-electron chi connectivity index (χ1n) is 4.46. The lowest BCUT2D eigenvalue weighted by Gasteiger charge is -1.93. The van der Waals surface area contributed by atoms with Crippen molar-refractivity contribution in [1.82, 2.24) is 9.78 Å². The van der Waals surface area contributed by atoms with Crippen molar-refractivity contribution in [3.63, 3.8) is 0 Å². The molecule has 0 aliphatic rings. The predicted octanol–water partition coefficient (Wildman–Crippen LogP) is 3.03. The fourth-order valence-electron chi connectivity index (χ4n) is 1.35. The monoisotopic (exact) mass is 199 g/mol. The highest BCUT2D eigenvalue weighted by atomic mass is 15.3. The van der Waals surface area contributed by atoms with Crippen LogP contribution in [0.4, 0.5) is 5.82 Å². The lowest BCUT2D eigenvalue weighted by molar-refractivity contribution is 0.772. The van der Waals surface area contributed by atoms with Gasteiger partial charge in [0.25, 0.3) is 0 Å². The molecule has 1 aromatic carbocycles. The largest absolute Gasteiger partial charge is 0.266 e. The van der Waals surface area contributed by atoms with Gasteiger partial charge in [-0.1, -0.05) is 30.3 Å². The van der Waals surface area contributed by atoms with Gasteiger partial charge in [0.1, 0.15) is 5.82 Å². The smallest absolute Gasteiger partial charge is 0.125 e. The average Bonchev–Trinajstić information content (AvgIpc) is 2.63. The van der Waals surface area contributed by atoms with Crippen molar-refractivity contribution in [3.8, 4) is 11.3 Å². The Kier molecular flexibility index (Phi) is 2.39. The topological polar surface area (TPSA) is 66.6 Å². The first kappa shape index (κ1) is 9.30. The maximum Gasteiger partial charge on any atom is 0.125 e. The molecule has 0 bridgehead atoms. The predicted molar refractivity (Wildman–Crippen MR) is 57.5 cm³/mol. The van der Waals surface area contributed by atoms with Crippen LogP contribution in [0.1, 0.15) is 0 Å². The summed E-state index contributed by atoms with van der Waals surface area (Å²) in [5.74, 6) is 0.511. The molecule has 0 saturated carbocycles. The Bertz CT molecular complexity index is 508. The molecule has 0 spiro atoms. The van der Waals surface area contributed by atoms with E-state index in [0.717, 1.165) is 11.3 Å². The minimum Gasteiger partial charge on any atom is -0.266 e. The van der Waals surface area contributed by atoms with Gasteiger partial charge in [-0.15, -0.1) is 0 Å². The highest BCUT2D eigenvalue weighted by molar-refractivity contribution is 5.61. The van der Waals surface area contributed by atoms with E-state index in [9.17, 15) is 0 Å². The van der Waals surface area contributed by atoms with Gasteiger partial charge in [-0.2, -0.15) is 5.10 Å². The quantitative estimate of drug-likeness (QED) is 0.416. The normalized spacial score (nSPS) is 9.67. The Morgan fingerprint density at radius 3 is 2.73 bits per heavy atom. The lowest BCUT2D eigenvalue weighted by atomic mass is 10.2. The molecule has 0 amide bonds. The van der Waals surface area contributed by atoms with E-state index in [4.69, 9.17) is 5.53 Å². The molecule has 74 valence electrons. The second-order valence-electron chi connectivity index (χ2n) is 3.07. The van der Waals surface area contributed by atoms with E-state index in [0.29, 0.717) is 5.82 Å².